The van der Waals surface area contributed by atoms with Crippen molar-refractivity contribution in [3.63, 3.8) is 0 Å². The van der Waals surface area contributed by atoms with Gasteiger partial charge in [0.25, 0.3) is 15.9 Å². The molecule has 0 unspecified atom stereocenters. The van der Waals surface area contributed by atoms with Crippen LogP contribution >= 0.6 is 39.1 Å². The number of para-hydroxylation sites is 1. The quantitative estimate of drug-likeness (QED) is 0.791. The normalized spacial score (nSPS) is 11.3. The van der Waals surface area contributed by atoms with Crippen LogP contribution in [0.15, 0.2) is 45.8 Å². The molecule has 0 saturated heterocycles. The number of nitrogens with two attached hydrogens (primary N) is 1. The van der Waals surface area contributed by atoms with Gasteiger partial charge in [-0.3, -0.25) is 9.10 Å². The van der Waals surface area contributed by atoms with E-state index < -0.39 is 15.9 Å². The van der Waals surface area contributed by atoms with Gasteiger partial charge in [-0.05, 0) is 24.3 Å². The Labute approximate surface area is 152 Å². The number of nitrogens with zero attached hydrogens (tertiary/aromatic N) is 1. The number of hydrogen-bond donors (Lipinski definition) is 1. The summed E-state index contributed by atoms with van der Waals surface area (Å²) in [6, 6.07) is 8.94. The summed E-state index contributed by atoms with van der Waals surface area (Å²) in [7, 11) is -2.79. The monoisotopic (exact) mass is 436 g/mol. The highest BCUT2D eigenvalue weighted by atomic mass is 79.9. The summed E-state index contributed by atoms with van der Waals surface area (Å²) in [6.45, 7) is 0. The minimum Gasteiger partial charge on any atom is -0.366 e. The van der Waals surface area contributed by atoms with Crippen molar-refractivity contribution in [2.24, 2.45) is 5.73 Å². The van der Waals surface area contributed by atoms with Gasteiger partial charge in [-0.15, -0.1) is 0 Å². The van der Waals surface area contributed by atoms with Crippen molar-refractivity contribution in [2.45, 2.75) is 4.90 Å². The van der Waals surface area contributed by atoms with Crippen molar-refractivity contribution < 1.29 is 13.2 Å². The van der Waals surface area contributed by atoms with Gasteiger partial charge in [0.2, 0.25) is 0 Å². The molecule has 2 N–H and O–H groups in total. The van der Waals surface area contributed by atoms with E-state index in [1.54, 1.807) is 12.1 Å². The number of rotatable bonds is 4. The number of carbonyl (C=O) groups is 1. The minimum atomic E-state index is -4.09. The van der Waals surface area contributed by atoms with E-state index in [0.29, 0.717) is 4.47 Å². The molecule has 2 aromatic carbocycles. The highest BCUT2D eigenvalue weighted by Crippen LogP contribution is 2.36. The Bertz CT molecular complexity index is 864. The highest BCUT2D eigenvalue weighted by molar-refractivity contribution is 9.10. The van der Waals surface area contributed by atoms with E-state index in [-0.39, 0.29) is 26.2 Å². The summed E-state index contributed by atoms with van der Waals surface area (Å²) in [5, 5.41) is -0.0689. The third-order valence-electron chi connectivity index (χ3n) is 3.09. The summed E-state index contributed by atoms with van der Waals surface area (Å²) in [6.07, 6.45) is 0. The second kappa shape index (κ2) is 6.68. The summed E-state index contributed by atoms with van der Waals surface area (Å²) in [4.78, 5) is 11.3. The Kier molecular flexibility index (Phi) is 5.25. The largest absolute Gasteiger partial charge is 0.366 e. The highest BCUT2D eigenvalue weighted by Gasteiger charge is 2.29. The predicted molar refractivity (Wildman–Crippen MR) is 94.7 cm³/mol. The molecule has 0 aliphatic rings. The molecule has 0 atom stereocenters. The molecule has 2 rings (SSSR count). The van der Waals surface area contributed by atoms with Crippen molar-refractivity contribution in [3.8, 4) is 0 Å². The summed E-state index contributed by atoms with van der Waals surface area (Å²) in [5.41, 5.74) is 5.50. The SMILES string of the molecule is CN(c1ccccc1C(N)=O)S(=O)(=O)c1c(Cl)cc(Br)cc1Cl. The fourth-order valence-electron chi connectivity index (χ4n) is 2.00. The summed E-state index contributed by atoms with van der Waals surface area (Å²) >= 11 is 15.3. The zero-order chi connectivity index (χ0) is 17.4. The van der Waals surface area contributed by atoms with Crippen LogP contribution in [0.1, 0.15) is 10.4 Å². The van der Waals surface area contributed by atoms with Crippen molar-refractivity contribution >= 4 is 60.7 Å². The molecule has 5 nitrogen and oxygen atoms in total. The van der Waals surface area contributed by atoms with E-state index in [0.717, 1.165) is 4.31 Å². The maximum Gasteiger partial charge on any atom is 0.267 e. The first kappa shape index (κ1) is 18.1. The molecule has 0 bridgehead atoms. The number of primary amides is 1. The molecule has 122 valence electrons. The van der Waals surface area contributed by atoms with Crippen molar-refractivity contribution in [3.05, 3.63) is 56.5 Å². The molecule has 0 heterocycles. The number of benzene rings is 2. The predicted octanol–water partition coefficient (Wildman–Crippen LogP) is 3.68. The second-order valence-electron chi connectivity index (χ2n) is 4.55. The summed E-state index contributed by atoms with van der Waals surface area (Å²) < 4.78 is 27.2. The van der Waals surface area contributed by atoms with Gasteiger partial charge in [0.15, 0.2) is 0 Å². The maximum absolute atomic E-state index is 12.8. The fraction of sp³-hybridized carbons (Fsp3) is 0.0714. The van der Waals surface area contributed by atoms with Crippen molar-refractivity contribution in [1.29, 1.82) is 0 Å². The molecule has 23 heavy (non-hydrogen) atoms. The number of amides is 1. The maximum atomic E-state index is 12.8. The molecule has 2 aromatic rings. The molecule has 0 saturated carbocycles. The van der Waals surface area contributed by atoms with Crippen LogP contribution in [-0.2, 0) is 10.0 Å². The zero-order valence-electron chi connectivity index (χ0n) is 11.8. The van der Waals surface area contributed by atoms with Crippen molar-refractivity contribution in [2.75, 3.05) is 11.4 Å². The van der Waals surface area contributed by atoms with Gasteiger partial charge in [0, 0.05) is 11.5 Å². The molecular weight excluding hydrogens is 427 g/mol. The van der Waals surface area contributed by atoms with E-state index in [9.17, 15) is 13.2 Å². The number of hydrogen-bond acceptors (Lipinski definition) is 3. The van der Waals surface area contributed by atoms with Gasteiger partial charge < -0.3 is 5.73 Å². The number of anilines is 1. The number of carbonyl (C=O) groups excluding carboxylic acids is 1. The third kappa shape index (κ3) is 3.47. The summed E-state index contributed by atoms with van der Waals surface area (Å²) in [5.74, 6) is -0.740. The fourth-order valence-corrected chi connectivity index (χ4v) is 5.09. The van der Waals surface area contributed by atoms with Gasteiger partial charge in [0.1, 0.15) is 4.90 Å². The number of halogens is 3. The van der Waals surface area contributed by atoms with Crippen LogP contribution in [0.5, 0.6) is 0 Å². The molecule has 0 spiro atoms. The minimum absolute atomic E-state index is 0.0345. The average Bonchev–Trinajstić information content (AvgIpc) is 2.44. The lowest BCUT2D eigenvalue weighted by Gasteiger charge is -2.22. The molecule has 1 amide bonds. The van der Waals surface area contributed by atoms with Gasteiger partial charge in [-0.2, -0.15) is 0 Å². The molecule has 0 aliphatic heterocycles. The lowest BCUT2D eigenvalue weighted by Crippen LogP contribution is -2.29. The second-order valence-corrected chi connectivity index (χ2v) is 8.19. The Morgan fingerprint density at radius 1 is 1.17 bits per heavy atom. The number of sulfonamides is 1. The first-order valence-corrected chi connectivity index (χ1v) is 9.17. The van der Waals surface area contributed by atoms with Gasteiger partial charge in [0.05, 0.1) is 21.3 Å². The van der Waals surface area contributed by atoms with Crippen molar-refractivity contribution in [1.82, 2.24) is 0 Å². The smallest absolute Gasteiger partial charge is 0.267 e. The lowest BCUT2D eigenvalue weighted by molar-refractivity contribution is 0.100. The molecule has 0 aliphatic carbocycles. The lowest BCUT2D eigenvalue weighted by atomic mass is 10.2. The first-order chi connectivity index (χ1) is 10.7. The Morgan fingerprint density at radius 2 is 1.70 bits per heavy atom. The topological polar surface area (TPSA) is 80.5 Å². The molecule has 0 fully saturated rings. The first-order valence-electron chi connectivity index (χ1n) is 6.18. The third-order valence-corrected chi connectivity index (χ3v) is 6.24. The van der Waals surface area contributed by atoms with Crippen LogP contribution in [-0.4, -0.2) is 21.4 Å². The Hall–Kier alpha value is -1.28. The van der Waals surface area contributed by atoms with E-state index in [2.05, 4.69) is 15.9 Å². The van der Waals surface area contributed by atoms with Crippen LogP contribution in [0, 0.1) is 0 Å². The van der Waals surface area contributed by atoms with E-state index in [4.69, 9.17) is 28.9 Å². The average molecular weight is 438 g/mol. The van der Waals surface area contributed by atoms with Crippen LogP contribution in [0.4, 0.5) is 5.69 Å². The van der Waals surface area contributed by atoms with E-state index >= 15 is 0 Å². The molecule has 0 aromatic heterocycles. The molecule has 0 radical (unpaired) electrons. The van der Waals surface area contributed by atoms with Crippen LogP contribution < -0.4 is 10.0 Å². The van der Waals surface area contributed by atoms with Gasteiger partial charge in [-0.25, -0.2) is 8.42 Å². The van der Waals surface area contributed by atoms with E-state index in [1.165, 1.54) is 31.3 Å². The Morgan fingerprint density at radius 3 is 2.22 bits per heavy atom. The van der Waals surface area contributed by atoms with Gasteiger partial charge in [-0.1, -0.05) is 51.3 Å². The zero-order valence-corrected chi connectivity index (χ0v) is 15.7. The van der Waals surface area contributed by atoms with Crippen LogP contribution in [0.25, 0.3) is 0 Å². The van der Waals surface area contributed by atoms with Crippen LogP contribution in [0.3, 0.4) is 0 Å². The molecule has 9 heteroatoms. The van der Waals surface area contributed by atoms with E-state index in [1.807, 2.05) is 0 Å². The Balaban J connectivity index is 2.64. The standard InChI is InChI=1S/C14H11BrCl2N2O3S/c1-19(12-5-3-2-4-9(12)14(18)20)23(21,22)13-10(16)6-8(15)7-11(13)17/h2-7H,1H3,(H2,18,20). The van der Waals surface area contributed by atoms with Crippen LogP contribution in [0.2, 0.25) is 10.0 Å². The molecular formula is C14H11BrCl2N2O3S. The van der Waals surface area contributed by atoms with Gasteiger partial charge >= 0.3 is 0 Å².